The van der Waals surface area contributed by atoms with Gasteiger partial charge >= 0.3 is 5.97 Å². The van der Waals surface area contributed by atoms with Crippen LogP contribution in [-0.4, -0.2) is 30.3 Å². The molecule has 0 spiro atoms. The van der Waals surface area contributed by atoms with E-state index in [2.05, 4.69) is 14.8 Å². The van der Waals surface area contributed by atoms with Crippen LogP contribution >= 0.6 is 0 Å². The van der Waals surface area contributed by atoms with Crippen molar-refractivity contribution in [3.63, 3.8) is 0 Å². The fourth-order valence-electron chi connectivity index (χ4n) is 1.71. The smallest absolute Gasteiger partial charge is 0.308 e. The summed E-state index contributed by atoms with van der Waals surface area (Å²) in [5.41, 5.74) is 8.21. The first kappa shape index (κ1) is 10.8. The van der Waals surface area contributed by atoms with Crippen molar-refractivity contribution in [2.24, 2.45) is 11.0 Å². The molecule has 0 saturated heterocycles. The van der Waals surface area contributed by atoms with Crippen LogP contribution in [0, 0.1) is 5.92 Å². The van der Waals surface area contributed by atoms with Crippen molar-refractivity contribution in [1.29, 1.82) is 0 Å². The summed E-state index contributed by atoms with van der Waals surface area (Å²) in [7, 11) is 1.33. The van der Waals surface area contributed by atoms with Crippen molar-refractivity contribution in [3.05, 3.63) is 10.4 Å². The highest BCUT2D eigenvalue weighted by Crippen LogP contribution is 2.27. The fourth-order valence-corrected chi connectivity index (χ4v) is 1.71. The lowest BCUT2D eigenvalue weighted by molar-refractivity contribution is -0.148. The molecule has 0 aromatic rings. The van der Waals surface area contributed by atoms with Gasteiger partial charge < -0.3 is 9.84 Å². The van der Waals surface area contributed by atoms with Crippen LogP contribution in [0.15, 0.2) is 5.11 Å². The minimum absolute atomic E-state index is 0.264. The Balaban J connectivity index is 2.54. The molecule has 0 aromatic carbocycles. The Morgan fingerprint density at radius 2 is 2.36 bits per heavy atom. The zero-order valence-electron chi connectivity index (χ0n) is 7.96. The number of nitrogens with zero attached hydrogens (tertiary/aromatic N) is 3. The Morgan fingerprint density at radius 1 is 1.64 bits per heavy atom. The lowest BCUT2D eigenvalue weighted by Crippen LogP contribution is -2.35. The highest BCUT2D eigenvalue weighted by atomic mass is 16.5. The second kappa shape index (κ2) is 4.83. The van der Waals surface area contributed by atoms with E-state index in [9.17, 15) is 9.90 Å². The van der Waals surface area contributed by atoms with Gasteiger partial charge in [0.25, 0.3) is 0 Å². The third-order valence-corrected chi connectivity index (χ3v) is 2.52. The van der Waals surface area contributed by atoms with Crippen molar-refractivity contribution in [2.75, 3.05) is 7.11 Å². The van der Waals surface area contributed by atoms with Crippen LogP contribution in [-0.2, 0) is 9.53 Å². The van der Waals surface area contributed by atoms with Crippen LogP contribution < -0.4 is 0 Å². The minimum atomic E-state index is -0.733. The third-order valence-electron chi connectivity index (χ3n) is 2.52. The second-order valence-corrected chi connectivity index (χ2v) is 3.37. The number of aliphatic hydroxyl groups is 1. The molecule has 1 aliphatic rings. The maximum absolute atomic E-state index is 11.1. The molecular weight excluding hydrogens is 186 g/mol. The van der Waals surface area contributed by atoms with Crippen LogP contribution in [0.25, 0.3) is 10.4 Å². The van der Waals surface area contributed by atoms with E-state index in [-0.39, 0.29) is 11.9 Å². The Kier molecular flexibility index (Phi) is 3.73. The standard InChI is InChI=1S/C8H13N3O3/c1-14-8(13)5-2-3-6(10-11-9)7(12)4-5/h5-7,12H,2-4H2,1H3/t5-,6+,7+/m1/s1. The molecule has 0 heterocycles. The van der Waals surface area contributed by atoms with E-state index in [1.807, 2.05) is 0 Å². The zero-order valence-corrected chi connectivity index (χ0v) is 7.96. The second-order valence-electron chi connectivity index (χ2n) is 3.37. The molecule has 6 heteroatoms. The van der Waals surface area contributed by atoms with Gasteiger partial charge in [0, 0.05) is 4.91 Å². The number of carbonyl (C=O) groups is 1. The van der Waals surface area contributed by atoms with Gasteiger partial charge in [0.05, 0.1) is 25.2 Å². The lowest BCUT2D eigenvalue weighted by Gasteiger charge is -2.28. The number of hydrogen-bond acceptors (Lipinski definition) is 4. The lowest BCUT2D eigenvalue weighted by atomic mass is 9.84. The van der Waals surface area contributed by atoms with Gasteiger partial charge in [-0.1, -0.05) is 5.11 Å². The van der Waals surface area contributed by atoms with Gasteiger partial charge in [-0.3, -0.25) is 4.79 Å². The van der Waals surface area contributed by atoms with Crippen LogP contribution in [0.5, 0.6) is 0 Å². The summed E-state index contributed by atoms with van der Waals surface area (Å²) in [6.45, 7) is 0. The van der Waals surface area contributed by atoms with Crippen molar-refractivity contribution in [1.82, 2.24) is 0 Å². The van der Waals surface area contributed by atoms with Gasteiger partial charge in [-0.15, -0.1) is 0 Å². The van der Waals surface area contributed by atoms with Gasteiger partial charge in [-0.25, -0.2) is 0 Å². The number of esters is 1. The number of rotatable bonds is 2. The molecule has 3 atom stereocenters. The Hall–Kier alpha value is -1.26. The molecule has 0 unspecified atom stereocenters. The summed E-state index contributed by atoms with van der Waals surface area (Å²) in [4.78, 5) is 13.8. The van der Waals surface area contributed by atoms with Crippen molar-refractivity contribution < 1.29 is 14.6 Å². The van der Waals surface area contributed by atoms with Crippen LogP contribution in [0.1, 0.15) is 19.3 Å². The normalized spacial score (nSPS) is 31.7. The van der Waals surface area contributed by atoms with E-state index >= 15 is 0 Å². The molecule has 0 bridgehead atoms. The first-order valence-electron chi connectivity index (χ1n) is 4.49. The molecule has 0 amide bonds. The topological polar surface area (TPSA) is 95.3 Å². The molecule has 1 aliphatic carbocycles. The molecule has 1 N–H and O–H groups in total. The van der Waals surface area contributed by atoms with E-state index in [1.54, 1.807) is 0 Å². The zero-order chi connectivity index (χ0) is 10.6. The van der Waals surface area contributed by atoms with E-state index in [1.165, 1.54) is 7.11 Å². The molecule has 1 rings (SSSR count). The van der Waals surface area contributed by atoms with Crippen LogP contribution in [0.3, 0.4) is 0 Å². The number of methoxy groups -OCH3 is 1. The number of hydrogen-bond donors (Lipinski definition) is 1. The summed E-state index contributed by atoms with van der Waals surface area (Å²) in [6, 6.07) is -0.402. The summed E-state index contributed by atoms with van der Waals surface area (Å²) in [5, 5.41) is 13.0. The largest absolute Gasteiger partial charge is 0.469 e. The maximum Gasteiger partial charge on any atom is 0.308 e. The summed E-state index contributed by atoms with van der Waals surface area (Å²) in [6.07, 6.45) is 0.721. The maximum atomic E-state index is 11.1. The van der Waals surface area contributed by atoms with E-state index < -0.39 is 12.1 Å². The summed E-state index contributed by atoms with van der Waals surface area (Å²) in [5.74, 6) is -0.566. The molecule has 1 fully saturated rings. The fraction of sp³-hybridized carbons (Fsp3) is 0.875. The van der Waals surface area contributed by atoms with E-state index in [0.717, 1.165) is 0 Å². The van der Waals surface area contributed by atoms with Crippen LogP contribution in [0.4, 0.5) is 0 Å². The number of azide groups is 1. The molecule has 0 radical (unpaired) electrons. The average Bonchev–Trinajstić information content (AvgIpc) is 2.20. The summed E-state index contributed by atoms with van der Waals surface area (Å²) >= 11 is 0. The molecule has 78 valence electrons. The van der Waals surface area contributed by atoms with E-state index in [0.29, 0.717) is 19.3 Å². The van der Waals surface area contributed by atoms with Gasteiger partial charge in [-0.05, 0) is 24.8 Å². The molecule has 0 aliphatic heterocycles. The van der Waals surface area contributed by atoms with Gasteiger partial charge in [0.15, 0.2) is 0 Å². The first-order chi connectivity index (χ1) is 6.69. The van der Waals surface area contributed by atoms with Crippen molar-refractivity contribution in [2.45, 2.75) is 31.4 Å². The Morgan fingerprint density at radius 3 is 2.86 bits per heavy atom. The van der Waals surface area contributed by atoms with Crippen molar-refractivity contribution in [3.8, 4) is 0 Å². The highest BCUT2D eigenvalue weighted by Gasteiger charge is 2.32. The SMILES string of the molecule is COC(=O)[C@@H]1CC[C@H](N=[N+]=[N-])[C@@H](O)C1. The quantitative estimate of drug-likeness (QED) is 0.311. The molecule has 1 saturated carbocycles. The van der Waals surface area contributed by atoms with Gasteiger partial charge in [-0.2, -0.15) is 0 Å². The number of carbonyl (C=O) groups excluding carboxylic acids is 1. The Bertz CT molecular complexity index is 263. The average molecular weight is 199 g/mol. The van der Waals surface area contributed by atoms with Gasteiger partial charge in [0.1, 0.15) is 0 Å². The Labute approximate surface area is 81.5 Å². The predicted molar refractivity (Wildman–Crippen MR) is 48.3 cm³/mol. The molecule has 14 heavy (non-hydrogen) atoms. The monoisotopic (exact) mass is 199 g/mol. The summed E-state index contributed by atoms with van der Waals surface area (Å²) < 4.78 is 4.58. The van der Waals surface area contributed by atoms with Crippen LogP contribution in [0.2, 0.25) is 0 Å². The minimum Gasteiger partial charge on any atom is -0.469 e. The number of aliphatic hydroxyl groups excluding tert-OH is 1. The van der Waals surface area contributed by atoms with Crippen molar-refractivity contribution >= 4 is 5.97 Å². The van der Waals surface area contributed by atoms with E-state index in [4.69, 9.17) is 5.53 Å². The first-order valence-corrected chi connectivity index (χ1v) is 4.49. The molecule has 0 aromatic heterocycles. The predicted octanol–water partition coefficient (Wildman–Crippen LogP) is 0.999. The number of ether oxygens (including phenoxy) is 1. The molecule has 6 nitrogen and oxygen atoms in total. The molecular formula is C8H13N3O3. The van der Waals surface area contributed by atoms with Gasteiger partial charge in [0.2, 0.25) is 0 Å². The third kappa shape index (κ3) is 2.37. The highest BCUT2D eigenvalue weighted by molar-refractivity contribution is 5.72.